The van der Waals surface area contributed by atoms with E-state index in [4.69, 9.17) is 4.74 Å². The average Bonchev–Trinajstić information content (AvgIpc) is 3.25. The van der Waals surface area contributed by atoms with E-state index >= 15 is 0 Å². The van der Waals surface area contributed by atoms with Crippen LogP contribution in [-0.2, 0) is 14.6 Å². The van der Waals surface area contributed by atoms with Crippen molar-refractivity contribution in [3.63, 3.8) is 0 Å². The van der Waals surface area contributed by atoms with Gasteiger partial charge in [-0.15, -0.1) is 0 Å². The van der Waals surface area contributed by atoms with Gasteiger partial charge in [-0.05, 0) is 56.0 Å². The smallest absolute Gasteiger partial charge is 0.220 e. The van der Waals surface area contributed by atoms with Crippen LogP contribution in [0.2, 0.25) is 0 Å². The van der Waals surface area contributed by atoms with E-state index in [0.717, 1.165) is 24.4 Å². The highest BCUT2D eigenvalue weighted by Gasteiger charge is 2.30. The summed E-state index contributed by atoms with van der Waals surface area (Å²) >= 11 is 0. The van der Waals surface area contributed by atoms with E-state index in [2.05, 4.69) is 16.3 Å². The van der Waals surface area contributed by atoms with Crippen molar-refractivity contribution in [2.75, 3.05) is 38.2 Å². The minimum atomic E-state index is -2.94. The van der Waals surface area contributed by atoms with Crippen LogP contribution in [0.15, 0.2) is 24.3 Å². The number of benzene rings is 1. The summed E-state index contributed by atoms with van der Waals surface area (Å²) in [6, 6.07) is 8.11. The van der Waals surface area contributed by atoms with Crippen LogP contribution in [0.1, 0.15) is 37.3 Å². The topological polar surface area (TPSA) is 75.7 Å². The molecule has 0 spiro atoms. The SMILES string of the molecule is COc1cccc(C(CNC(=O)CC2CCS(=O)(=O)C2)N2CCCC2)c1. The largest absolute Gasteiger partial charge is 0.497 e. The van der Waals surface area contributed by atoms with Gasteiger partial charge < -0.3 is 10.1 Å². The van der Waals surface area contributed by atoms with Crippen molar-refractivity contribution >= 4 is 15.7 Å². The van der Waals surface area contributed by atoms with Crippen molar-refractivity contribution in [2.24, 2.45) is 5.92 Å². The molecule has 1 amide bonds. The van der Waals surface area contributed by atoms with Gasteiger partial charge in [0, 0.05) is 13.0 Å². The molecule has 0 radical (unpaired) electrons. The number of nitrogens with zero attached hydrogens (tertiary/aromatic N) is 1. The van der Waals surface area contributed by atoms with Crippen LogP contribution in [-0.4, -0.2) is 57.5 Å². The maximum absolute atomic E-state index is 12.3. The van der Waals surface area contributed by atoms with E-state index in [1.807, 2.05) is 18.2 Å². The number of ether oxygens (including phenoxy) is 1. The first-order valence-corrected chi connectivity index (χ1v) is 11.1. The van der Waals surface area contributed by atoms with E-state index in [1.54, 1.807) is 7.11 Å². The van der Waals surface area contributed by atoms with Crippen LogP contribution in [0.25, 0.3) is 0 Å². The minimum absolute atomic E-state index is 0.0398. The monoisotopic (exact) mass is 380 g/mol. The highest BCUT2D eigenvalue weighted by Crippen LogP contribution is 2.27. The van der Waals surface area contributed by atoms with Gasteiger partial charge in [-0.1, -0.05) is 12.1 Å². The van der Waals surface area contributed by atoms with Crippen molar-refractivity contribution in [1.29, 1.82) is 0 Å². The summed E-state index contributed by atoms with van der Waals surface area (Å²) in [5, 5.41) is 3.03. The summed E-state index contributed by atoms with van der Waals surface area (Å²) in [4.78, 5) is 14.7. The van der Waals surface area contributed by atoms with Crippen LogP contribution in [0.3, 0.4) is 0 Å². The number of hydrogen-bond acceptors (Lipinski definition) is 5. The van der Waals surface area contributed by atoms with Gasteiger partial charge in [0.05, 0.1) is 24.7 Å². The number of amides is 1. The Balaban J connectivity index is 1.61. The van der Waals surface area contributed by atoms with Gasteiger partial charge >= 0.3 is 0 Å². The normalized spacial score (nSPS) is 23.7. The summed E-state index contributed by atoms with van der Waals surface area (Å²) in [5.41, 5.74) is 1.13. The average molecular weight is 381 g/mol. The lowest BCUT2D eigenvalue weighted by Crippen LogP contribution is -2.37. The zero-order chi connectivity index (χ0) is 18.6. The number of rotatable bonds is 7. The van der Waals surface area contributed by atoms with Gasteiger partial charge in [0.15, 0.2) is 9.84 Å². The molecular weight excluding hydrogens is 352 g/mol. The fraction of sp³-hybridized carbons (Fsp3) is 0.632. The first kappa shape index (κ1) is 19.2. The van der Waals surface area contributed by atoms with E-state index in [1.165, 1.54) is 12.8 Å². The first-order valence-electron chi connectivity index (χ1n) is 9.32. The molecule has 0 bridgehead atoms. The Kier molecular flexibility index (Phi) is 6.19. The van der Waals surface area contributed by atoms with Crippen LogP contribution < -0.4 is 10.1 Å². The van der Waals surface area contributed by atoms with Gasteiger partial charge in [0.1, 0.15) is 5.75 Å². The zero-order valence-corrected chi connectivity index (χ0v) is 16.1. The predicted octanol–water partition coefficient (Wildman–Crippen LogP) is 1.77. The van der Waals surface area contributed by atoms with Crippen molar-refractivity contribution < 1.29 is 17.9 Å². The molecule has 2 aliphatic rings. The number of methoxy groups -OCH3 is 1. The molecule has 2 heterocycles. The van der Waals surface area contributed by atoms with E-state index < -0.39 is 9.84 Å². The summed E-state index contributed by atoms with van der Waals surface area (Å²) < 4.78 is 28.5. The van der Waals surface area contributed by atoms with Gasteiger partial charge in [-0.25, -0.2) is 8.42 Å². The number of carbonyl (C=O) groups excluding carboxylic acids is 1. The van der Waals surface area contributed by atoms with Crippen LogP contribution in [0.4, 0.5) is 0 Å². The second kappa shape index (κ2) is 8.39. The molecule has 6 nitrogen and oxygen atoms in total. The summed E-state index contributed by atoms with van der Waals surface area (Å²) in [7, 11) is -1.28. The van der Waals surface area contributed by atoms with E-state index in [-0.39, 0.29) is 29.4 Å². The lowest BCUT2D eigenvalue weighted by Gasteiger charge is -2.28. The Morgan fingerprint density at radius 3 is 2.77 bits per heavy atom. The molecular formula is C19H28N2O4S. The number of likely N-dealkylation sites (tertiary alicyclic amines) is 1. The van der Waals surface area contributed by atoms with Crippen molar-refractivity contribution in [3.8, 4) is 5.75 Å². The number of nitrogens with one attached hydrogen (secondary N) is 1. The molecule has 26 heavy (non-hydrogen) atoms. The van der Waals surface area contributed by atoms with Crippen molar-refractivity contribution in [3.05, 3.63) is 29.8 Å². The lowest BCUT2D eigenvalue weighted by atomic mass is 10.0. The molecule has 1 N–H and O–H groups in total. The Labute approximate surface area is 155 Å². The third kappa shape index (κ3) is 4.98. The van der Waals surface area contributed by atoms with E-state index in [9.17, 15) is 13.2 Å². The van der Waals surface area contributed by atoms with Crippen LogP contribution >= 0.6 is 0 Å². The Hall–Kier alpha value is -1.60. The first-order chi connectivity index (χ1) is 12.5. The molecule has 0 saturated carbocycles. The zero-order valence-electron chi connectivity index (χ0n) is 15.3. The summed E-state index contributed by atoms with van der Waals surface area (Å²) in [6.45, 7) is 2.59. The second-order valence-electron chi connectivity index (χ2n) is 7.31. The molecule has 2 aliphatic heterocycles. The van der Waals surface area contributed by atoms with Gasteiger partial charge in [0.25, 0.3) is 0 Å². The fourth-order valence-corrected chi connectivity index (χ4v) is 5.80. The summed E-state index contributed by atoms with van der Waals surface area (Å²) in [5.74, 6) is 1.08. The molecule has 2 unspecified atom stereocenters. The molecule has 3 rings (SSSR count). The number of hydrogen-bond donors (Lipinski definition) is 1. The summed E-state index contributed by atoms with van der Waals surface area (Å²) in [6.07, 6.45) is 3.24. The lowest BCUT2D eigenvalue weighted by molar-refractivity contribution is -0.122. The van der Waals surface area contributed by atoms with Crippen molar-refractivity contribution in [1.82, 2.24) is 10.2 Å². The molecule has 144 valence electrons. The van der Waals surface area contributed by atoms with Gasteiger partial charge in [-0.2, -0.15) is 0 Å². The predicted molar refractivity (Wildman–Crippen MR) is 101 cm³/mol. The molecule has 0 aromatic heterocycles. The van der Waals surface area contributed by atoms with Crippen LogP contribution in [0, 0.1) is 5.92 Å². The molecule has 0 aliphatic carbocycles. The third-order valence-corrected chi connectivity index (χ3v) is 7.19. The quantitative estimate of drug-likeness (QED) is 0.780. The molecule has 2 atom stereocenters. The van der Waals surface area contributed by atoms with E-state index in [0.29, 0.717) is 19.4 Å². The van der Waals surface area contributed by atoms with Crippen LogP contribution in [0.5, 0.6) is 5.75 Å². The Morgan fingerprint density at radius 1 is 1.35 bits per heavy atom. The molecule has 2 saturated heterocycles. The standard InChI is InChI=1S/C19H28N2O4S/c1-25-17-6-4-5-16(12-17)18(21-8-2-3-9-21)13-20-19(22)11-15-7-10-26(23,24)14-15/h4-6,12,15,18H,2-3,7-11,13-14H2,1H3,(H,20,22). The molecule has 2 fully saturated rings. The minimum Gasteiger partial charge on any atom is -0.497 e. The molecule has 1 aromatic rings. The third-order valence-electron chi connectivity index (χ3n) is 5.35. The van der Waals surface area contributed by atoms with Gasteiger partial charge in [0.2, 0.25) is 5.91 Å². The molecule has 7 heteroatoms. The maximum Gasteiger partial charge on any atom is 0.220 e. The number of sulfone groups is 1. The highest BCUT2D eigenvalue weighted by atomic mass is 32.2. The highest BCUT2D eigenvalue weighted by molar-refractivity contribution is 7.91. The fourth-order valence-electron chi connectivity index (χ4n) is 3.94. The number of carbonyl (C=O) groups is 1. The Morgan fingerprint density at radius 2 is 2.12 bits per heavy atom. The Bertz CT molecular complexity index is 729. The molecule has 1 aromatic carbocycles. The maximum atomic E-state index is 12.3. The second-order valence-corrected chi connectivity index (χ2v) is 9.54. The van der Waals surface area contributed by atoms with Crippen molar-refractivity contribution in [2.45, 2.75) is 31.7 Å². The van der Waals surface area contributed by atoms with Gasteiger partial charge in [-0.3, -0.25) is 9.69 Å².